The lowest BCUT2D eigenvalue weighted by molar-refractivity contribution is -0.0576. The molecule has 0 radical (unpaired) electrons. The highest BCUT2D eigenvalue weighted by atomic mass is 32.1. The lowest BCUT2D eigenvalue weighted by Crippen LogP contribution is -2.17. The third kappa shape index (κ3) is 0.894. The molecule has 0 fully saturated rings. The average molecular weight is 117 g/mol. The minimum absolute atomic E-state index is 0.139. The smallest absolute Gasteiger partial charge is 0.110 e. The summed E-state index contributed by atoms with van der Waals surface area (Å²) in [6.07, 6.45) is 3.49. The molecule has 0 bridgehead atoms. The van der Waals surface area contributed by atoms with Crippen molar-refractivity contribution in [2.45, 2.75) is 5.37 Å². The van der Waals surface area contributed by atoms with Crippen LogP contribution in [0.2, 0.25) is 0 Å². The van der Waals surface area contributed by atoms with Gasteiger partial charge >= 0.3 is 0 Å². The number of hydroxylamine groups is 2. The van der Waals surface area contributed by atoms with Gasteiger partial charge in [0, 0.05) is 7.05 Å². The molecule has 0 aromatic heterocycles. The molecular weight excluding hydrogens is 110 g/mol. The van der Waals surface area contributed by atoms with Crippen LogP contribution in [0.25, 0.3) is 0 Å². The number of nitrogens with zero attached hydrogens (tertiary/aromatic N) is 1. The maximum atomic E-state index is 4.84. The van der Waals surface area contributed by atoms with Crippen LogP contribution in [0.4, 0.5) is 0 Å². The Kier molecular flexibility index (Phi) is 1.25. The predicted octanol–water partition coefficient (Wildman–Crippen LogP) is 0.633. The molecule has 3 heteroatoms. The molecule has 0 saturated carbocycles. The van der Waals surface area contributed by atoms with Gasteiger partial charge in [-0.25, -0.2) is 0 Å². The third-order valence-electron chi connectivity index (χ3n) is 0.850. The Hall–Kier alpha value is -0.150. The van der Waals surface area contributed by atoms with Gasteiger partial charge < -0.3 is 4.84 Å². The van der Waals surface area contributed by atoms with E-state index in [0.717, 1.165) is 0 Å². The molecule has 7 heavy (non-hydrogen) atoms. The normalized spacial score (nSPS) is 30.9. The first-order chi connectivity index (χ1) is 3.30. The summed E-state index contributed by atoms with van der Waals surface area (Å²) in [6.45, 7) is 0. The maximum Gasteiger partial charge on any atom is 0.110 e. The molecule has 1 rings (SSSR count). The summed E-state index contributed by atoms with van der Waals surface area (Å²) in [5.74, 6) is 0. The van der Waals surface area contributed by atoms with Gasteiger partial charge in [-0.05, 0) is 6.08 Å². The van der Waals surface area contributed by atoms with Crippen LogP contribution in [0.5, 0.6) is 0 Å². The van der Waals surface area contributed by atoms with Crippen molar-refractivity contribution in [3.63, 3.8) is 0 Å². The van der Waals surface area contributed by atoms with Crippen molar-refractivity contribution in [3.05, 3.63) is 12.3 Å². The van der Waals surface area contributed by atoms with Crippen molar-refractivity contribution in [2.24, 2.45) is 0 Å². The van der Waals surface area contributed by atoms with Crippen LogP contribution in [-0.4, -0.2) is 17.5 Å². The molecule has 0 aliphatic carbocycles. The summed E-state index contributed by atoms with van der Waals surface area (Å²) >= 11 is 4.10. The zero-order valence-electron chi connectivity index (χ0n) is 4.03. The number of likely N-dealkylation sites (N-methyl/N-ethyl adjacent to an activating group) is 1. The Labute approximate surface area is 48.1 Å². The van der Waals surface area contributed by atoms with Crippen molar-refractivity contribution in [1.29, 1.82) is 0 Å². The molecular formula is C4H7NOS. The zero-order chi connectivity index (χ0) is 5.28. The fourth-order valence-corrected chi connectivity index (χ4v) is 0.510. The summed E-state index contributed by atoms with van der Waals surface area (Å²) in [4.78, 5) is 4.84. The molecule has 1 unspecified atom stereocenters. The summed E-state index contributed by atoms with van der Waals surface area (Å²) in [7, 11) is 1.83. The summed E-state index contributed by atoms with van der Waals surface area (Å²) in [5.41, 5.74) is 0. The van der Waals surface area contributed by atoms with Gasteiger partial charge in [0.2, 0.25) is 0 Å². The predicted molar refractivity (Wildman–Crippen MR) is 30.8 cm³/mol. The first kappa shape index (κ1) is 5.00. The van der Waals surface area contributed by atoms with Crippen LogP contribution in [-0.2, 0) is 4.84 Å². The zero-order valence-corrected chi connectivity index (χ0v) is 4.93. The van der Waals surface area contributed by atoms with E-state index in [1.54, 1.807) is 11.3 Å². The van der Waals surface area contributed by atoms with Crippen LogP contribution in [0, 0.1) is 0 Å². The first-order valence-electron chi connectivity index (χ1n) is 2.05. The Balaban J connectivity index is 2.45. The summed E-state index contributed by atoms with van der Waals surface area (Å²) < 4.78 is 0. The molecule has 0 aromatic carbocycles. The second-order valence-corrected chi connectivity index (χ2v) is 1.92. The van der Waals surface area contributed by atoms with E-state index < -0.39 is 0 Å². The Morgan fingerprint density at radius 1 is 1.86 bits per heavy atom. The lowest BCUT2D eigenvalue weighted by Gasteiger charge is -2.10. The van der Waals surface area contributed by atoms with Crippen molar-refractivity contribution in [2.75, 3.05) is 7.05 Å². The highest BCUT2D eigenvalue weighted by Crippen LogP contribution is 2.09. The van der Waals surface area contributed by atoms with E-state index in [1.165, 1.54) is 0 Å². The van der Waals surface area contributed by atoms with E-state index in [1.807, 2.05) is 13.1 Å². The molecule has 1 aliphatic heterocycles. The molecule has 0 spiro atoms. The van der Waals surface area contributed by atoms with Gasteiger partial charge in [-0.15, -0.1) is 5.06 Å². The fraction of sp³-hybridized carbons (Fsp3) is 0.500. The van der Waals surface area contributed by atoms with Gasteiger partial charge in [0.1, 0.15) is 11.6 Å². The SMILES string of the molecule is CN1OC=CC1S. The minimum Gasteiger partial charge on any atom is -0.413 e. The van der Waals surface area contributed by atoms with Crippen LogP contribution >= 0.6 is 12.6 Å². The minimum atomic E-state index is 0.139. The number of hydrogen-bond acceptors (Lipinski definition) is 3. The van der Waals surface area contributed by atoms with E-state index in [-0.39, 0.29) is 5.37 Å². The molecule has 0 amide bonds. The average Bonchev–Trinajstić information content (AvgIpc) is 1.91. The van der Waals surface area contributed by atoms with Gasteiger partial charge in [-0.1, -0.05) is 0 Å². The molecule has 1 heterocycles. The van der Waals surface area contributed by atoms with Crippen LogP contribution < -0.4 is 0 Å². The summed E-state index contributed by atoms with van der Waals surface area (Å²) in [6, 6.07) is 0. The van der Waals surface area contributed by atoms with Gasteiger partial charge in [-0.2, -0.15) is 12.6 Å². The molecule has 0 saturated heterocycles. The highest BCUT2D eigenvalue weighted by Gasteiger charge is 2.10. The van der Waals surface area contributed by atoms with E-state index in [0.29, 0.717) is 0 Å². The van der Waals surface area contributed by atoms with Gasteiger partial charge in [0.25, 0.3) is 0 Å². The van der Waals surface area contributed by atoms with Gasteiger partial charge in [0.05, 0.1) is 0 Å². The van der Waals surface area contributed by atoms with E-state index in [4.69, 9.17) is 4.84 Å². The first-order valence-corrected chi connectivity index (χ1v) is 2.56. The standard InChI is InChI=1S/C4H7NOS/c1-5-4(7)2-3-6-5/h2-4,7H,1H3. The number of rotatable bonds is 0. The topological polar surface area (TPSA) is 12.5 Å². The van der Waals surface area contributed by atoms with Crippen LogP contribution in [0.1, 0.15) is 0 Å². The summed E-state index contributed by atoms with van der Waals surface area (Å²) in [5, 5.41) is 1.79. The fourth-order valence-electron chi connectivity index (χ4n) is 0.385. The van der Waals surface area contributed by atoms with Crippen molar-refractivity contribution < 1.29 is 4.84 Å². The second kappa shape index (κ2) is 1.76. The van der Waals surface area contributed by atoms with E-state index in [2.05, 4.69) is 12.6 Å². The quantitative estimate of drug-likeness (QED) is 0.467. The van der Waals surface area contributed by atoms with E-state index >= 15 is 0 Å². The second-order valence-electron chi connectivity index (χ2n) is 1.39. The van der Waals surface area contributed by atoms with E-state index in [9.17, 15) is 0 Å². The number of thiol groups is 1. The Morgan fingerprint density at radius 2 is 2.57 bits per heavy atom. The van der Waals surface area contributed by atoms with Crippen molar-refractivity contribution >= 4 is 12.6 Å². The Morgan fingerprint density at radius 3 is 2.71 bits per heavy atom. The Bertz CT molecular complexity index is 93.7. The molecule has 1 atom stereocenters. The third-order valence-corrected chi connectivity index (χ3v) is 1.35. The molecule has 0 aromatic rings. The molecule has 40 valence electrons. The monoisotopic (exact) mass is 117 g/mol. The van der Waals surface area contributed by atoms with Gasteiger partial charge in [-0.3, -0.25) is 0 Å². The maximum absolute atomic E-state index is 4.84. The van der Waals surface area contributed by atoms with Crippen molar-refractivity contribution in [3.8, 4) is 0 Å². The van der Waals surface area contributed by atoms with Crippen molar-refractivity contribution in [1.82, 2.24) is 5.06 Å². The number of hydrogen-bond donors (Lipinski definition) is 1. The molecule has 1 aliphatic rings. The van der Waals surface area contributed by atoms with Crippen LogP contribution in [0.15, 0.2) is 12.3 Å². The molecule has 2 nitrogen and oxygen atoms in total. The molecule has 0 N–H and O–H groups in total. The highest BCUT2D eigenvalue weighted by molar-refractivity contribution is 7.81. The van der Waals surface area contributed by atoms with Gasteiger partial charge in [0.15, 0.2) is 0 Å². The largest absolute Gasteiger partial charge is 0.413 e. The lowest BCUT2D eigenvalue weighted by atomic mass is 10.6. The van der Waals surface area contributed by atoms with Crippen LogP contribution in [0.3, 0.4) is 0 Å².